The summed E-state index contributed by atoms with van der Waals surface area (Å²) in [6.07, 6.45) is 0. The summed E-state index contributed by atoms with van der Waals surface area (Å²) in [6, 6.07) is 5.72. The van der Waals surface area contributed by atoms with Gasteiger partial charge in [-0.05, 0) is 26.0 Å². The summed E-state index contributed by atoms with van der Waals surface area (Å²) in [7, 11) is 0. The lowest BCUT2D eigenvalue weighted by atomic mass is 10.0. The lowest BCUT2D eigenvalue weighted by Crippen LogP contribution is -2.40. The average Bonchev–Trinajstić information content (AvgIpc) is 2.02. The molecule has 1 aromatic rings. The van der Waals surface area contributed by atoms with Crippen molar-refractivity contribution in [3.05, 3.63) is 23.2 Å². The lowest BCUT2D eigenvalue weighted by molar-refractivity contribution is 0.242. The molecule has 13 heavy (non-hydrogen) atoms. The Morgan fingerprint density at radius 3 is 3.00 bits per heavy atom. The molecule has 0 fully saturated rings. The first-order valence-electron chi connectivity index (χ1n) is 4.28. The molecule has 0 bridgehead atoms. The van der Waals surface area contributed by atoms with Crippen LogP contribution in [0.3, 0.4) is 0 Å². The minimum absolute atomic E-state index is 0.0162. The van der Waals surface area contributed by atoms with Gasteiger partial charge in [-0.25, -0.2) is 0 Å². The lowest BCUT2D eigenvalue weighted by Gasteiger charge is -2.33. The third-order valence-electron chi connectivity index (χ3n) is 2.02. The van der Waals surface area contributed by atoms with Crippen LogP contribution in [0, 0.1) is 0 Å². The molecule has 2 rings (SSSR count). The summed E-state index contributed by atoms with van der Waals surface area (Å²) in [5.74, 6) is 0.767. The zero-order valence-electron chi connectivity index (χ0n) is 7.73. The number of fused-ring (bicyclic) bond motifs is 1. The largest absolute Gasteiger partial charge is 0.487 e. The molecule has 3 heteroatoms. The van der Waals surface area contributed by atoms with Crippen LogP contribution in [-0.2, 0) is 0 Å². The van der Waals surface area contributed by atoms with Crippen molar-refractivity contribution in [3.8, 4) is 5.75 Å². The van der Waals surface area contributed by atoms with Crippen LogP contribution in [0.5, 0.6) is 5.75 Å². The predicted octanol–water partition coefficient (Wildman–Crippen LogP) is 2.92. The van der Waals surface area contributed by atoms with Crippen molar-refractivity contribution in [2.75, 3.05) is 11.9 Å². The van der Waals surface area contributed by atoms with E-state index in [-0.39, 0.29) is 5.54 Å². The number of nitrogens with one attached hydrogen (secondary N) is 1. The maximum atomic E-state index is 5.97. The van der Waals surface area contributed by atoms with Gasteiger partial charge < -0.3 is 10.1 Å². The fourth-order valence-corrected chi connectivity index (χ4v) is 1.64. The van der Waals surface area contributed by atoms with Crippen LogP contribution in [0.4, 0.5) is 5.69 Å². The minimum Gasteiger partial charge on any atom is -0.487 e. The summed E-state index contributed by atoms with van der Waals surface area (Å²) >= 11 is 5.97. The van der Waals surface area contributed by atoms with Crippen molar-refractivity contribution in [1.82, 2.24) is 0 Å². The van der Waals surface area contributed by atoms with Gasteiger partial charge in [0.1, 0.15) is 6.61 Å². The summed E-state index contributed by atoms with van der Waals surface area (Å²) in [4.78, 5) is 0. The summed E-state index contributed by atoms with van der Waals surface area (Å²) < 4.78 is 5.58. The standard InChI is InChI=1S/C10H12ClNO/c1-10(2)6-13-9-7(11)4-3-5-8(9)12-10/h3-5,12H,6H2,1-2H3. The zero-order valence-corrected chi connectivity index (χ0v) is 8.48. The Kier molecular flexibility index (Phi) is 1.88. The van der Waals surface area contributed by atoms with E-state index >= 15 is 0 Å². The van der Waals surface area contributed by atoms with Gasteiger partial charge in [0.05, 0.1) is 16.2 Å². The summed E-state index contributed by atoms with van der Waals surface area (Å²) in [6.45, 7) is 4.83. The summed E-state index contributed by atoms with van der Waals surface area (Å²) in [5, 5.41) is 4.03. The number of rotatable bonds is 0. The molecule has 0 saturated heterocycles. The Bertz CT molecular complexity index is 336. The quantitative estimate of drug-likeness (QED) is 0.691. The van der Waals surface area contributed by atoms with Crippen LogP contribution in [0.1, 0.15) is 13.8 Å². The second-order valence-electron chi connectivity index (χ2n) is 3.91. The minimum atomic E-state index is -0.0162. The van der Waals surface area contributed by atoms with Gasteiger partial charge in [-0.2, -0.15) is 0 Å². The molecule has 2 nitrogen and oxygen atoms in total. The van der Waals surface area contributed by atoms with Gasteiger partial charge in [0.2, 0.25) is 0 Å². The maximum absolute atomic E-state index is 5.97. The number of para-hydroxylation sites is 1. The molecule has 1 N–H and O–H groups in total. The van der Waals surface area contributed by atoms with E-state index in [9.17, 15) is 0 Å². The molecule has 1 heterocycles. The fraction of sp³-hybridized carbons (Fsp3) is 0.400. The monoisotopic (exact) mass is 197 g/mol. The van der Waals surface area contributed by atoms with Crippen LogP contribution in [0.2, 0.25) is 5.02 Å². The third-order valence-corrected chi connectivity index (χ3v) is 2.32. The second kappa shape index (κ2) is 2.81. The molecule has 1 aliphatic rings. The second-order valence-corrected chi connectivity index (χ2v) is 4.32. The van der Waals surface area contributed by atoms with E-state index < -0.39 is 0 Å². The predicted molar refractivity (Wildman–Crippen MR) is 54.6 cm³/mol. The van der Waals surface area contributed by atoms with Gasteiger partial charge in [0.15, 0.2) is 5.75 Å². The van der Waals surface area contributed by atoms with Gasteiger partial charge in [-0.15, -0.1) is 0 Å². The first kappa shape index (κ1) is 8.70. The van der Waals surface area contributed by atoms with Crippen molar-refractivity contribution >= 4 is 17.3 Å². The molecule has 0 aromatic heterocycles. The molecule has 0 unspecified atom stereocenters. The van der Waals surface area contributed by atoms with Gasteiger partial charge in [-0.3, -0.25) is 0 Å². The topological polar surface area (TPSA) is 21.3 Å². The number of hydrogen-bond acceptors (Lipinski definition) is 2. The highest BCUT2D eigenvalue weighted by Crippen LogP contribution is 2.37. The van der Waals surface area contributed by atoms with E-state index in [0.717, 1.165) is 11.4 Å². The van der Waals surface area contributed by atoms with Crippen LogP contribution < -0.4 is 10.1 Å². The molecular weight excluding hydrogens is 186 g/mol. The van der Waals surface area contributed by atoms with Crippen LogP contribution in [0.25, 0.3) is 0 Å². The van der Waals surface area contributed by atoms with E-state index in [4.69, 9.17) is 16.3 Å². The number of hydrogen-bond donors (Lipinski definition) is 1. The molecule has 0 aliphatic carbocycles. The molecule has 0 radical (unpaired) electrons. The average molecular weight is 198 g/mol. The molecule has 0 atom stereocenters. The number of anilines is 1. The van der Waals surface area contributed by atoms with Crippen molar-refractivity contribution in [2.45, 2.75) is 19.4 Å². The van der Waals surface area contributed by atoms with E-state index in [1.54, 1.807) is 0 Å². The third kappa shape index (κ3) is 1.59. The van der Waals surface area contributed by atoms with Crippen molar-refractivity contribution < 1.29 is 4.74 Å². The van der Waals surface area contributed by atoms with E-state index in [1.807, 2.05) is 18.2 Å². The zero-order chi connectivity index (χ0) is 9.47. The number of benzene rings is 1. The van der Waals surface area contributed by atoms with Crippen molar-refractivity contribution in [3.63, 3.8) is 0 Å². The van der Waals surface area contributed by atoms with Gasteiger partial charge >= 0.3 is 0 Å². The van der Waals surface area contributed by atoms with Gasteiger partial charge in [0, 0.05) is 0 Å². The smallest absolute Gasteiger partial charge is 0.161 e. The van der Waals surface area contributed by atoms with Crippen LogP contribution in [0.15, 0.2) is 18.2 Å². The molecule has 0 saturated carbocycles. The number of halogens is 1. The first-order valence-corrected chi connectivity index (χ1v) is 4.66. The van der Waals surface area contributed by atoms with Gasteiger partial charge in [0.25, 0.3) is 0 Å². The maximum Gasteiger partial charge on any atom is 0.161 e. The Labute approximate surface area is 82.9 Å². The highest BCUT2D eigenvalue weighted by atomic mass is 35.5. The van der Waals surface area contributed by atoms with E-state index in [0.29, 0.717) is 11.6 Å². The molecular formula is C10H12ClNO. The number of ether oxygens (including phenoxy) is 1. The van der Waals surface area contributed by atoms with Crippen LogP contribution >= 0.6 is 11.6 Å². The Morgan fingerprint density at radius 1 is 1.46 bits per heavy atom. The Morgan fingerprint density at radius 2 is 2.23 bits per heavy atom. The highest BCUT2D eigenvalue weighted by Gasteiger charge is 2.26. The van der Waals surface area contributed by atoms with Gasteiger partial charge in [-0.1, -0.05) is 17.7 Å². The first-order chi connectivity index (χ1) is 6.08. The van der Waals surface area contributed by atoms with E-state index in [1.165, 1.54) is 0 Å². The Balaban J connectivity index is 2.42. The van der Waals surface area contributed by atoms with Crippen molar-refractivity contribution in [2.24, 2.45) is 0 Å². The normalized spacial score (nSPS) is 18.4. The SMILES string of the molecule is CC1(C)COc2c(Cl)cccc2N1. The molecule has 0 amide bonds. The molecule has 70 valence electrons. The molecule has 0 spiro atoms. The Hall–Kier alpha value is -0.890. The molecule has 1 aromatic carbocycles. The fourth-order valence-electron chi connectivity index (χ4n) is 1.41. The molecule has 1 aliphatic heterocycles. The highest BCUT2D eigenvalue weighted by molar-refractivity contribution is 6.32. The van der Waals surface area contributed by atoms with Crippen LogP contribution in [-0.4, -0.2) is 12.1 Å². The summed E-state index contributed by atoms with van der Waals surface area (Å²) in [5.41, 5.74) is 0.960. The van der Waals surface area contributed by atoms with Crippen molar-refractivity contribution in [1.29, 1.82) is 0 Å². The van der Waals surface area contributed by atoms with E-state index in [2.05, 4.69) is 19.2 Å².